The molecule has 8 nitrogen and oxygen atoms in total. The van der Waals surface area contributed by atoms with Crippen molar-refractivity contribution in [2.24, 2.45) is 0 Å². The molecule has 0 aliphatic heterocycles. The van der Waals surface area contributed by atoms with Crippen LogP contribution in [0, 0.1) is 23.3 Å². The van der Waals surface area contributed by atoms with Crippen LogP contribution in [0.1, 0.15) is 0 Å². The molecule has 0 saturated heterocycles. The first-order valence-corrected chi connectivity index (χ1v) is 11.0. The van der Waals surface area contributed by atoms with Crippen molar-refractivity contribution in [2.45, 2.75) is 0 Å². The molecule has 0 saturated carbocycles. The van der Waals surface area contributed by atoms with Gasteiger partial charge in [-0.1, -0.05) is 12.2 Å². The van der Waals surface area contributed by atoms with Crippen LogP contribution >= 0.6 is 0 Å². The molecule has 0 aromatic heterocycles. The summed E-state index contributed by atoms with van der Waals surface area (Å²) in [5, 5.41) is 9.96. The van der Waals surface area contributed by atoms with Crippen LogP contribution in [0.4, 0.5) is 38.5 Å². The normalized spacial score (nSPS) is 10.2. The van der Waals surface area contributed by atoms with Crippen LogP contribution in [0.5, 0.6) is 23.0 Å². The summed E-state index contributed by atoms with van der Waals surface area (Å²) in [4.78, 5) is 23.3. The van der Waals surface area contributed by atoms with Gasteiger partial charge < -0.3 is 30.7 Å². The average Bonchev–Trinajstić information content (AvgIpc) is 2.92. The minimum Gasteiger partial charge on any atom is -0.451 e. The molecule has 4 amide bonds. The third-order valence-electron chi connectivity index (χ3n) is 4.66. The number of amides is 4. The first-order chi connectivity index (χ1) is 18.2. The lowest BCUT2D eigenvalue weighted by Crippen LogP contribution is -2.28. The summed E-state index contributed by atoms with van der Waals surface area (Å²) in [7, 11) is 0. The predicted molar refractivity (Wildman–Crippen MR) is 134 cm³/mol. The highest BCUT2D eigenvalue weighted by molar-refractivity contribution is 5.89. The maximum atomic E-state index is 14.6. The van der Waals surface area contributed by atoms with Crippen molar-refractivity contribution >= 4 is 23.4 Å². The van der Waals surface area contributed by atoms with E-state index in [0.29, 0.717) is 11.4 Å². The van der Waals surface area contributed by atoms with E-state index in [0.717, 1.165) is 0 Å². The number of nitrogens with one attached hydrogen (secondary N) is 4. The molecule has 3 aromatic carbocycles. The van der Waals surface area contributed by atoms with Crippen molar-refractivity contribution in [2.75, 3.05) is 23.7 Å². The molecule has 3 aromatic rings. The number of rotatable bonds is 10. The van der Waals surface area contributed by atoms with Gasteiger partial charge in [-0.25, -0.2) is 9.59 Å². The zero-order chi connectivity index (χ0) is 27.7. The Kier molecular flexibility index (Phi) is 9.30. The van der Waals surface area contributed by atoms with Gasteiger partial charge in [0.05, 0.1) is 0 Å². The van der Waals surface area contributed by atoms with Crippen LogP contribution in [0.2, 0.25) is 0 Å². The number of urea groups is 2. The fraction of sp³-hybridized carbons (Fsp3) is 0.0769. The summed E-state index contributed by atoms with van der Waals surface area (Å²) in [5.41, 5.74) is 0.638. The van der Waals surface area contributed by atoms with Gasteiger partial charge >= 0.3 is 12.1 Å². The molecular weight excluding hydrogens is 508 g/mol. The molecule has 0 aliphatic rings. The first-order valence-electron chi connectivity index (χ1n) is 11.0. The molecule has 0 atom stereocenters. The number of halogens is 4. The summed E-state index contributed by atoms with van der Waals surface area (Å²) in [6.45, 7) is 7.40. The monoisotopic (exact) mass is 530 g/mol. The molecule has 198 valence electrons. The Morgan fingerprint density at radius 1 is 0.632 bits per heavy atom. The number of hydrogen-bond donors (Lipinski definition) is 4. The molecule has 0 unspecified atom stereocenters. The number of benzene rings is 3. The SMILES string of the molecule is C=CCNC(=O)Nc1ccc(Oc2c(F)c(F)c(Oc3ccc(NC(=O)NCC=C)cc3)c(F)c2F)cc1. The van der Waals surface area contributed by atoms with E-state index in [4.69, 9.17) is 9.47 Å². The van der Waals surface area contributed by atoms with E-state index in [1.165, 1.54) is 60.7 Å². The number of anilines is 2. The summed E-state index contributed by atoms with van der Waals surface area (Å²) in [6, 6.07) is 9.30. The highest BCUT2D eigenvalue weighted by Gasteiger charge is 2.29. The molecule has 0 spiro atoms. The lowest BCUT2D eigenvalue weighted by atomic mass is 10.2. The molecule has 38 heavy (non-hydrogen) atoms. The summed E-state index contributed by atoms with van der Waals surface area (Å²) >= 11 is 0. The summed E-state index contributed by atoms with van der Waals surface area (Å²) < 4.78 is 68.7. The quantitative estimate of drug-likeness (QED) is 0.138. The minimum atomic E-state index is -1.82. The van der Waals surface area contributed by atoms with Gasteiger partial charge in [-0.3, -0.25) is 0 Å². The third kappa shape index (κ3) is 7.03. The lowest BCUT2D eigenvalue weighted by molar-refractivity contribution is 0.252. The van der Waals surface area contributed by atoms with Gasteiger partial charge in [-0.05, 0) is 48.5 Å². The van der Waals surface area contributed by atoms with Gasteiger partial charge in [-0.2, -0.15) is 17.6 Å². The van der Waals surface area contributed by atoms with Gasteiger partial charge in [0.25, 0.3) is 0 Å². The first kappa shape index (κ1) is 27.6. The van der Waals surface area contributed by atoms with Crippen molar-refractivity contribution < 1.29 is 36.6 Å². The van der Waals surface area contributed by atoms with Gasteiger partial charge in [0.2, 0.25) is 34.8 Å². The summed E-state index contributed by atoms with van der Waals surface area (Å²) in [5.74, 6) is -10.2. The molecule has 0 radical (unpaired) electrons. The lowest BCUT2D eigenvalue weighted by Gasteiger charge is -2.14. The van der Waals surface area contributed by atoms with E-state index in [1.54, 1.807) is 0 Å². The Bertz CT molecular complexity index is 1200. The van der Waals surface area contributed by atoms with E-state index < -0.39 is 46.8 Å². The number of hydrogen-bond acceptors (Lipinski definition) is 4. The standard InChI is InChI=1S/C26H22F4N4O4/c1-3-13-31-25(35)33-15-5-9-17(10-6-15)37-23-19(27)21(29)24(22(30)20(23)28)38-18-11-7-16(8-12-18)34-26(36)32-14-4-2/h3-12H,1-2,13-14H2,(H2,31,33,35)(H2,32,34,36). The second-order valence-electron chi connectivity index (χ2n) is 7.41. The van der Waals surface area contributed by atoms with Gasteiger partial charge in [0.15, 0.2) is 0 Å². The molecule has 0 heterocycles. The Morgan fingerprint density at radius 3 is 1.24 bits per heavy atom. The molecule has 4 N–H and O–H groups in total. The number of ether oxygens (including phenoxy) is 2. The highest BCUT2D eigenvalue weighted by atomic mass is 19.2. The van der Waals surface area contributed by atoms with Gasteiger partial charge in [0, 0.05) is 24.5 Å². The van der Waals surface area contributed by atoms with Crippen LogP contribution in [0.3, 0.4) is 0 Å². The molecule has 12 heteroatoms. The summed E-state index contributed by atoms with van der Waals surface area (Å²) in [6.07, 6.45) is 2.96. The minimum absolute atomic E-state index is 0.160. The Hall–Kier alpha value is -5.00. The molecule has 0 bridgehead atoms. The predicted octanol–water partition coefficient (Wildman–Crippen LogP) is 6.44. The molecular formula is C26H22F4N4O4. The van der Waals surface area contributed by atoms with Crippen molar-refractivity contribution in [1.82, 2.24) is 10.6 Å². The van der Waals surface area contributed by atoms with Crippen LogP contribution in [0.25, 0.3) is 0 Å². The molecule has 3 rings (SSSR count). The average molecular weight is 530 g/mol. The largest absolute Gasteiger partial charge is 0.451 e. The molecule has 0 fully saturated rings. The fourth-order valence-corrected chi connectivity index (χ4v) is 2.90. The van der Waals surface area contributed by atoms with Gasteiger partial charge in [0.1, 0.15) is 11.5 Å². The van der Waals surface area contributed by atoms with Crippen molar-refractivity contribution in [3.05, 3.63) is 97.1 Å². The van der Waals surface area contributed by atoms with Crippen LogP contribution in [-0.4, -0.2) is 25.2 Å². The molecule has 0 aliphatic carbocycles. The fourth-order valence-electron chi connectivity index (χ4n) is 2.90. The second-order valence-corrected chi connectivity index (χ2v) is 7.41. The van der Waals surface area contributed by atoms with Gasteiger partial charge in [-0.15, -0.1) is 13.2 Å². The zero-order valence-corrected chi connectivity index (χ0v) is 19.7. The second kappa shape index (κ2) is 12.8. The Labute approximate surface area is 214 Å². The number of carbonyl (C=O) groups excluding carboxylic acids is 2. The van der Waals surface area contributed by atoms with E-state index in [2.05, 4.69) is 34.4 Å². The highest BCUT2D eigenvalue weighted by Crippen LogP contribution is 2.39. The van der Waals surface area contributed by atoms with E-state index >= 15 is 0 Å². The van der Waals surface area contributed by atoms with E-state index in [-0.39, 0.29) is 24.6 Å². The van der Waals surface area contributed by atoms with Crippen molar-refractivity contribution in [3.63, 3.8) is 0 Å². The van der Waals surface area contributed by atoms with Crippen LogP contribution in [0.15, 0.2) is 73.8 Å². The van der Waals surface area contributed by atoms with Crippen molar-refractivity contribution in [1.29, 1.82) is 0 Å². The maximum Gasteiger partial charge on any atom is 0.319 e. The van der Waals surface area contributed by atoms with E-state index in [9.17, 15) is 27.2 Å². The van der Waals surface area contributed by atoms with Crippen LogP contribution < -0.4 is 30.7 Å². The number of carbonyl (C=O) groups is 2. The van der Waals surface area contributed by atoms with Crippen molar-refractivity contribution in [3.8, 4) is 23.0 Å². The Morgan fingerprint density at radius 2 is 0.947 bits per heavy atom. The van der Waals surface area contributed by atoms with Crippen LogP contribution in [-0.2, 0) is 0 Å². The van der Waals surface area contributed by atoms with E-state index in [1.807, 2.05) is 0 Å². The smallest absolute Gasteiger partial charge is 0.319 e. The zero-order valence-electron chi connectivity index (χ0n) is 19.7. The third-order valence-corrected chi connectivity index (χ3v) is 4.66. The topological polar surface area (TPSA) is 101 Å². The maximum absolute atomic E-state index is 14.6. The Balaban J connectivity index is 1.73.